The molecule has 0 aliphatic heterocycles. The molecule has 1 aromatic heterocycles. The first kappa shape index (κ1) is 19.1. The average Bonchev–Trinajstić information content (AvgIpc) is 3.05. The molecule has 0 bridgehead atoms. The molecule has 26 heavy (non-hydrogen) atoms. The highest BCUT2D eigenvalue weighted by Gasteiger charge is 2.15. The highest BCUT2D eigenvalue weighted by atomic mass is 16.5. The molecule has 1 aromatic carbocycles. The molecular formula is C19H22N2O5. The Morgan fingerprint density at radius 1 is 1.12 bits per heavy atom. The number of carbonyl (C=O) groups is 2. The maximum atomic E-state index is 12.0. The Balaban J connectivity index is 1.77. The second kappa shape index (κ2) is 9.31. The van der Waals surface area contributed by atoms with Crippen molar-refractivity contribution in [3.63, 3.8) is 0 Å². The van der Waals surface area contributed by atoms with Gasteiger partial charge in [-0.2, -0.15) is 0 Å². The van der Waals surface area contributed by atoms with Crippen molar-refractivity contribution in [2.75, 3.05) is 6.61 Å². The van der Waals surface area contributed by atoms with E-state index in [1.165, 1.54) is 12.2 Å². The second-order valence-corrected chi connectivity index (χ2v) is 5.42. The topological polar surface area (TPSA) is 89.8 Å². The second-order valence-electron chi connectivity index (χ2n) is 5.42. The molecule has 0 aliphatic carbocycles. The van der Waals surface area contributed by atoms with Crippen molar-refractivity contribution in [3.05, 3.63) is 54.0 Å². The lowest BCUT2D eigenvalue weighted by Gasteiger charge is -2.15. The zero-order valence-corrected chi connectivity index (χ0v) is 14.9. The van der Waals surface area contributed by atoms with Crippen molar-refractivity contribution in [1.29, 1.82) is 0 Å². The van der Waals surface area contributed by atoms with E-state index in [-0.39, 0.29) is 0 Å². The fourth-order valence-electron chi connectivity index (χ4n) is 2.01. The third-order valence-corrected chi connectivity index (χ3v) is 3.29. The molecule has 7 heteroatoms. The van der Waals surface area contributed by atoms with Gasteiger partial charge in [0, 0.05) is 6.08 Å². The van der Waals surface area contributed by atoms with E-state index in [0.717, 1.165) is 11.5 Å². The Bertz CT molecular complexity index is 764. The van der Waals surface area contributed by atoms with Gasteiger partial charge in [0.25, 0.3) is 11.8 Å². The van der Waals surface area contributed by atoms with Crippen LogP contribution in [0.2, 0.25) is 0 Å². The minimum absolute atomic E-state index is 0.477. The highest BCUT2D eigenvalue weighted by Crippen LogP contribution is 2.18. The van der Waals surface area contributed by atoms with E-state index in [0.29, 0.717) is 18.1 Å². The number of nitrogens with one attached hydrogen (secondary N) is 2. The van der Waals surface area contributed by atoms with E-state index in [9.17, 15) is 9.59 Å². The molecule has 0 spiro atoms. The van der Waals surface area contributed by atoms with Gasteiger partial charge < -0.3 is 13.9 Å². The molecule has 0 saturated carbocycles. The standard InChI is InChI=1S/C19H22N2O5/c1-4-24-15-7-9-17(10-8-15)26-14(3)19(23)21-20-18(22)12-11-16-6-5-13(2)25-16/h5-12,14H,4H2,1-3H3,(H,20,22)(H,21,23). The number of benzene rings is 1. The van der Waals surface area contributed by atoms with Gasteiger partial charge in [0.05, 0.1) is 6.61 Å². The Kier molecular flexibility index (Phi) is 6.84. The Morgan fingerprint density at radius 2 is 1.81 bits per heavy atom. The van der Waals surface area contributed by atoms with Gasteiger partial charge in [-0.3, -0.25) is 20.4 Å². The zero-order valence-electron chi connectivity index (χ0n) is 14.9. The molecule has 1 heterocycles. The van der Waals surface area contributed by atoms with Crippen LogP contribution in [0.3, 0.4) is 0 Å². The molecule has 138 valence electrons. The summed E-state index contributed by atoms with van der Waals surface area (Å²) in [6, 6.07) is 10.5. The highest BCUT2D eigenvalue weighted by molar-refractivity contribution is 5.93. The van der Waals surface area contributed by atoms with Crippen LogP contribution < -0.4 is 20.3 Å². The summed E-state index contributed by atoms with van der Waals surface area (Å²) in [5.41, 5.74) is 4.59. The van der Waals surface area contributed by atoms with Gasteiger partial charge in [-0.1, -0.05) is 0 Å². The van der Waals surface area contributed by atoms with Crippen LogP contribution >= 0.6 is 0 Å². The molecular weight excluding hydrogens is 336 g/mol. The molecule has 7 nitrogen and oxygen atoms in total. The normalized spacial score (nSPS) is 11.8. The molecule has 0 fully saturated rings. The molecule has 2 aromatic rings. The van der Waals surface area contributed by atoms with Gasteiger partial charge in [-0.25, -0.2) is 0 Å². The van der Waals surface area contributed by atoms with Gasteiger partial charge in [0.1, 0.15) is 23.0 Å². The summed E-state index contributed by atoms with van der Waals surface area (Å²) in [5, 5.41) is 0. The SMILES string of the molecule is CCOc1ccc(OC(C)C(=O)NNC(=O)C=Cc2ccc(C)o2)cc1. The molecule has 0 saturated heterocycles. The Hall–Kier alpha value is -3.22. The van der Waals surface area contributed by atoms with Crippen molar-refractivity contribution >= 4 is 17.9 Å². The lowest BCUT2D eigenvalue weighted by Crippen LogP contribution is -2.46. The predicted molar refractivity (Wildman–Crippen MR) is 96.5 cm³/mol. The predicted octanol–water partition coefficient (Wildman–Crippen LogP) is 2.61. The summed E-state index contributed by atoms with van der Waals surface area (Å²) in [4.78, 5) is 23.7. The number of furan rings is 1. The number of amides is 2. The molecule has 1 atom stereocenters. The van der Waals surface area contributed by atoms with E-state index < -0.39 is 17.9 Å². The summed E-state index contributed by atoms with van der Waals surface area (Å²) in [6.45, 7) is 5.87. The largest absolute Gasteiger partial charge is 0.494 e. The van der Waals surface area contributed by atoms with Crippen molar-refractivity contribution in [1.82, 2.24) is 10.9 Å². The van der Waals surface area contributed by atoms with Crippen LogP contribution in [0.4, 0.5) is 0 Å². The van der Waals surface area contributed by atoms with E-state index >= 15 is 0 Å². The summed E-state index contributed by atoms with van der Waals surface area (Å²) < 4.78 is 16.2. The molecule has 2 N–H and O–H groups in total. The third-order valence-electron chi connectivity index (χ3n) is 3.29. The van der Waals surface area contributed by atoms with Crippen molar-refractivity contribution in [2.45, 2.75) is 26.9 Å². The molecule has 2 rings (SSSR count). The van der Waals surface area contributed by atoms with E-state index in [4.69, 9.17) is 13.9 Å². The monoisotopic (exact) mass is 358 g/mol. The fourth-order valence-corrected chi connectivity index (χ4v) is 2.01. The molecule has 1 unspecified atom stereocenters. The number of hydrazine groups is 1. The van der Waals surface area contributed by atoms with E-state index in [1.54, 1.807) is 43.3 Å². The molecule has 2 amide bonds. The van der Waals surface area contributed by atoms with Gasteiger partial charge in [0.2, 0.25) is 0 Å². The van der Waals surface area contributed by atoms with Crippen LogP contribution in [0.15, 0.2) is 46.9 Å². The lowest BCUT2D eigenvalue weighted by atomic mass is 10.3. The van der Waals surface area contributed by atoms with Crippen LogP contribution in [0.5, 0.6) is 11.5 Å². The van der Waals surface area contributed by atoms with Crippen LogP contribution in [-0.2, 0) is 9.59 Å². The molecule has 0 radical (unpaired) electrons. The van der Waals surface area contributed by atoms with Crippen molar-refractivity contribution in [3.8, 4) is 11.5 Å². The van der Waals surface area contributed by atoms with E-state index in [1.807, 2.05) is 13.8 Å². The van der Waals surface area contributed by atoms with Crippen LogP contribution in [0, 0.1) is 6.92 Å². The third kappa shape index (κ3) is 6.01. The lowest BCUT2D eigenvalue weighted by molar-refractivity contribution is -0.131. The first-order valence-corrected chi connectivity index (χ1v) is 8.21. The fraction of sp³-hybridized carbons (Fsp3) is 0.263. The number of hydrogen-bond donors (Lipinski definition) is 2. The number of rotatable bonds is 7. The van der Waals surface area contributed by atoms with Gasteiger partial charge in [-0.05, 0) is 63.2 Å². The first-order chi connectivity index (χ1) is 12.5. The summed E-state index contributed by atoms with van der Waals surface area (Å²) in [7, 11) is 0. The van der Waals surface area contributed by atoms with Crippen LogP contribution in [0.1, 0.15) is 25.4 Å². The quantitative estimate of drug-likeness (QED) is 0.587. The average molecular weight is 358 g/mol. The van der Waals surface area contributed by atoms with Crippen molar-refractivity contribution in [2.24, 2.45) is 0 Å². The van der Waals surface area contributed by atoms with Crippen LogP contribution in [-0.4, -0.2) is 24.5 Å². The summed E-state index contributed by atoms with van der Waals surface area (Å²) >= 11 is 0. The summed E-state index contributed by atoms with van der Waals surface area (Å²) in [5.74, 6) is 1.59. The zero-order chi connectivity index (χ0) is 18.9. The Morgan fingerprint density at radius 3 is 2.42 bits per heavy atom. The maximum absolute atomic E-state index is 12.0. The van der Waals surface area contributed by atoms with Crippen LogP contribution in [0.25, 0.3) is 6.08 Å². The minimum Gasteiger partial charge on any atom is -0.494 e. The smallest absolute Gasteiger partial charge is 0.279 e. The van der Waals surface area contributed by atoms with Gasteiger partial charge in [-0.15, -0.1) is 0 Å². The number of aryl methyl sites for hydroxylation is 1. The number of carbonyl (C=O) groups excluding carboxylic acids is 2. The summed E-state index contributed by atoms with van der Waals surface area (Å²) in [6.07, 6.45) is 1.98. The molecule has 0 aliphatic rings. The van der Waals surface area contributed by atoms with E-state index in [2.05, 4.69) is 10.9 Å². The van der Waals surface area contributed by atoms with Gasteiger partial charge >= 0.3 is 0 Å². The minimum atomic E-state index is -0.787. The Labute approximate surface area is 151 Å². The number of ether oxygens (including phenoxy) is 2. The van der Waals surface area contributed by atoms with Gasteiger partial charge in [0.15, 0.2) is 6.10 Å². The maximum Gasteiger partial charge on any atom is 0.279 e. The van der Waals surface area contributed by atoms with Crippen molar-refractivity contribution < 1.29 is 23.5 Å². The first-order valence-electron chi connectivity index (χ1n) is 8.21. The number of hydrogen-bond acceptors (Lipinski definition) is 5.